The Morgan fingerprint density at radius 3 is 2.77 bits per heavy atom. The van der Waals surface area contributed by atoms with Crippen LogP contribution in [0.25, 0.3) is 10.9 Å². The first-order valence-electron chi connectivity index (χ1n) is 13.8. The number of halogens is 2. The largest absolute Gasteiger partial charge is 0.390 e. The van der Waals surface area contributed by atoms with Gasteiger partial charge in [0.25, 0.3) is 0 Å². The Kier molecular flexibility index (Phi) is 5.33. The summed E-state index contributed by atoms with van der Waals surface area (Å²) in [5, 5.41) is 26.9. The minimum Gasteiger partial charge on any atom is -0.390 e. The standard InChI is InChI=1S/C30H32F2N2O6/c1-27-8-7-15(36)9-20(27)21(31)10-19-18-11-25-30(24(38)14-35,28(18,2)12-23(37)29(19,27)32)40-26(39-25)16-5-4-6-22-17(16)13-33-34(22)3/h4-9,13,18-19,21,23,25-26,35,37H,10-12,14H2,1-3H3/t18-,19-,21-,23-,25+,26+,27-,28-,29-,30+/m0/s1. The molecule has 0 unspecified atom stereocenters. The van der Waals surface area contributed by atoms with E-state index in [-0.39, 0.29) is 24.8 Å². The van der Waals surface area contributed by atoms with Crippen LogP contribution in [0.5, 0.6) is 0 Å². The van der Waals surface area contributed by atoms with Gasteiger partial charge in [-0.3, -0.25) is 14.3 Å². The molecule has 3 saturated carbocycles. The van der Waals surface area contributed by atoms with Gasteiger partial charge in [0.2, 0.25) is 0 Å². The van der Waals surface area contributed by atoms with Crippen molar-refractivity contribution in [1.29, 1.82) is 0 Å². The minimum absolute atomic E-state index is 0.0397. The Hall–Kier alpha value is -2.79. The zero-order valence-corrected chi connectivity index (χ0v) is 22.5. The lowest BCUT2D eigenvalue weighted by atomic mass is 9.44. The Balaban J connectivity index is 1.33. The predicted molar refractivity (Wildman–Crippen MR) is 138 cm³/mol. The Bertz CT molecular complexity index is 1520. The third kappa shape index (κ3) is 2.85. The van der Waals surface area contributed by atoms with E-state index in [4.69, 9.17) is 9.47 Å². The van der Waals surface area contributed by atoms with E-state index in [2.05, 4.69) is 5.10 Å². The molecular weight excluding hydrogens is 522 g/mol. The number of aliphatic hydroxyl groups excluding tert-OH is 2. The summed E-state index contributed by atoms with van der Waals surface area (Å²) in [6.45, 7) is 2.48. The van der Waals surface area contributed by atoms with Crippen LogP contribution in [-0.4, -0.2) is 67.8 Å². The number of rotatable bonds is 3. The van der Waals surface area contributed by atoms with Gasteiger partial charge in [-0.15, -0.1) is 0 Å². The van der Waals surface area contributed by atoms with Crippen LogP contribution in [0.4, 0.5) is 8.78 Å². The van der Waals surface area contributed by atoms with E-state index in [0.29, 0.717) is 5.56 Å². The second-order valence-corrected chi connectivity index (χ2v) is 12.5. The molecular formula is C30H32F2N2O6. The monoisotopic (exact) mass is 554 g/mol. The van der Waals surface area contributed by atoms with Crippen LogP contribution in [0.15, 0.2) is 48.2 Å². The molecule has 1 saturated heterocycles. The molecule has 2 aromatic rings. The fourth-order valence-corrected chi connectivity index (χ4v) is 9.11. The molecule has 1 aliphatic heterocycles. The van der Waals surface area contributed by atoms with Crippen molar-refractivity contribution in [3.8, 4) is 0 Å². The van der Waals surface area contributed by atoms with Gasteiger partial charge in [-0.1, -0.05) is 25.1 Å². The minimum atomic E-state index is -2.29. The number of aryl methyl sites for hydroxylation is 1. The highest BCUT2D eigenvalue weighted by molar-refractivity contribution is 6.01. The van der Waals surface area contributed by atoms with Crippen molar-refractivity contribution in [2.45, 2.75) is 69.0 Å². The van der Waals surface area contributed by atoms with Crippen LogP contribution in [-0.2, 0) is 26.1 Å². The first-order chi connectivity index (χ1) is 18.9. The number of aliphatic hydroxyl groups is 2. The van der Waals surface area contributed by atoms with Crippen LogP contribution >= 0.6 is 0 Å². The van der Waals surface area contributed by atoms with Gasteiger partial charge in [0.1, 0.15) is 12.8 Å². The van der Waals surface area contributed by atoms with Crippen LogP contribution in [0.3, 0.4) is 0 Å². The molecule has 10 heteroatoms. The lowest BCUT2D eigenvalue weighted by Crippen LogP contribution is -2.70. The summed E-state index contributed by atoms with van der Waals surface area (Å²) < 4.78 is 48.0. The van der Waals surface area contributed by atoms with E-state index < -0.39 is 76.8 Å². The number of Topliss-reactive ketones (excluding diaryl/α,β-unsaturated/α-hetero) is 1. The van der Waals surface area contributed by atoms with Crippen LogP contribution in [0, 0.1) is 22.7 Å². The maximum absolute atomic E-state index is 17.5. The molecule has 1 aromatic carbocycles. The number of fused-ring (bicyclic) bond motifs is 8. The summed E-state index contributed by atoms with van der Waals surface area (Å²) in [5.41, 5.74) is -5.11. The smallest absolute Gasteiger partial charge is 0.193 e. The summed E-state index contributed by atoms with van der Waals surface area (Å²) in [6.07, 6.45) is 0.249. The third-order valence-electron chi connectivity index (χ3n) is 11.0. The van der Waals surface area contributed by atoms with Gasteiger partial charge < -0.3 is 19.7 Å². The molecule has 40 heavy (non-hydrogen) atoms. The van der Waals surface area contributed by atoms with Crippen molar-refractivity contribution in [2.24, 2.45) is 29.7 Å². The average molecular weight is 555 g/mol. The number of ether oxygens (including phenoxy) is 2. The molecule has 1 aromatic heterocycles. The average Bonchev–Trinajstić information content (AvgIpc) is 3.57. The van der Waals surface area contributed by atoms with Gasteiger partial charge in [-0.05, 0) is 55.9 Å². The summed E-state index contributed by atoms with van der Waals surface area (Å²) >= 11 is 0. The molecule has 2 N–H and O–H groups in total. The second-order valence-electron chi connectivity index (χ2n) is 12.5. The fraction of sp³-hybridized carbons (Fsp3) is 0.567. The van der Waals surface area contributed by atoms with Gasteiger partial charge in [0.05, 0.1) is 23.9 Å². The highest BCUT2D eigenvalue weighted by Gasteiger charge is 2.80. The van der Waals surface area contributed by atoms with Crippen molar-refractivity contribution in [1.82, 2.24) is 9.78 Å². The van der Waals surface area contributed by atoms with Crippen LogP contribution in [0.2, 0.25) is 0 Å². The Labute approximate surface area is 229 Å². The Morgan fingerprint density at radius 1 is 1.25 bits per heavy atom. The molecule has 7 rings (SSSR count). The predicted octanol–water partition coefficient (Wildman–Crippen LogP) is 3.22. The van der Waals surface area contributed by atoms with E-state index in [9.17, 15) is 19.8 Å². The van der Waals surface area contributed by atoms with Gasteiger partial charge in [0, 0.05) is 34.7 Å². The van der Waals surface area contributed by atoms with Crippen molar-refractivity contribution in [3.05, 3.63) is 53.8 Å². The van der Waals surface area contributed by atoms with Crippen molar-refractivity contribution >= 4 is 22.5 Å². The number of carbonyl (C=O) groups is 2. The number of benzene rings is 1. The SMILES string of the molecule is Cn1ncc2c([C@@H]3O[C@@H]4C[C@H]5[C@@H]6C[C@H](F)C7=CC(=O)C=C[C@]7(C)[C@@]6(F)[C@@H](O)C[C@]5(C)[C@]4(C(=O)CO)O3)cccc21. The number of carbonyl (C=O) groups excluding carboxylic acids is 2. The van der Waals surface area contributed by atoms with E-state index in [1.54, 1.807) is 17.8 Å². The van der Waals surface area contributed by atoms with Crippen LogP contribution in [0.1, 0.15) is 45.0 Å². The first kappa shape index (κ1) is 26.1. The molecule has 212 valence electrons. The molecule has 0 radical (unpaired) electrons. The van der Waals surface area contributed by atoms with Gasteiger partial charge in [0.15, 0.2) is 29.1 Å². The van der Waals surface area contributed by atoms with Crippen LogP contribution < -0.4 is 0 Å². The molecule has 10 atom stereocenters. The maximum atomic E-state index is 17.5. The highest BCUT2D eigenvalue weighted by Crippen LogP contribution is 2.72. The summed E-state index contributed by atoms with van der Waals surface area (Å²) in [4.78, 5) is 25.8. The zero-order chi connectivity index (χ0) is 28.4. The van der Waals surface area contributed by atoms with E-state index in [1.807, 2.05) is 25.2 Å². The van der Waals surface area contributed by atoms with Gasteiger partial charge in [-0.25, -0.2) is 8.78 Å². The maximum Gasteiger partial charge on any atom is 0.193 e. The summed E-state index contributed by atoms with van der Waals surface area (Å²) in [6, 6.07) is 5.57. The number of hydrogen-bond donors (Lipinski definition) is 2. The highest BCUT2D eigenvalue weighted by atomic mass is 19.1. The van der Waals surface area contributed by atoms with E-state index in [0.717, 1.165) is 17.0 Å². The molecule has 0 spiro atoms. The lowest BCUT2D eigenvalue weighted by Gasteiger charge is -2.63. The molecule has 4 aliphatic carbocycles. The number of alkyl halides is 2. The number of hydrogen-bond acceptors (Lipinski definition) is 7. The summed E-state index contributed by atoms with van der Waals surface area (Å²) in [7, 11) is 1.81. The third-order valence-corrected chi connectivity index (χ3v) is 11.0. The number of nitrogens with zero attached hydrogens (tertiary/aromatic N) is 2. The first-order valence-corrected chi connectivity index (χ1v) is 13.8. The Morgan fingerprint density at radius 2 is 2.02 bits per heavy atom. The number of aromatic nitrogens is 2. The second kappa shape index (κ2) is 8.15. The molecule has 0 bridgehead atoms. The number of allylic oxidation sites excluding steroid dienone is 4. The summed E-state index contributed by atoms with van der Waals surface area (Å²) in [5.74, 6) is -2.60. The normalized spacial score (nSPS) is 45.6. The quantitative estimate of drug-likeness (QED) is 0.600. The topological polar surface area (TPSA) is 111 Å². The van der Waals surface area contributed by atoms with Crippen molar-refractivity contribution in [3.63, 3.8) is 0 Å². The van der Waals surface area contributed by atoms with E-state index in [1.165, 1.54) is 19.1 Å². The molecule has 0 amide bonds. The molecule has 4 fully saturated rings. The molecule has 8 nitrogen and oxygen atoms in total. The fourth-order valence-electron chi connectivity index (χ4n) is 9.11. The molecule has 5 aliphatic rings. The number of ketones is 2. The van der Waals surface area contributed by atoms with Crippen molar-refractivity contribution < 1.29 is 38.1 Å². The van der Waals surface area contributed by atoms with Gasteiger partial charge in [-0.2, -0.15) is 5.10 Å². The van der Waals surface area contributed by atoms with Gasteiger partial charge >= 0.3 is 0 Å². The zero-order valence-electron chi connectivity index (χ0n) is 22.5. The van der Waals surface area contributed by atoms with E-state index >= 15 is 8.78 Å². The van der Waals surface area contributed by atoms with Crippen molar-refractivity contribution in [2.75, 3.05) is 6.61 Å². The molecule has 2 heterocycles. The lowest BCUT2D eigenvalue weighted by molar-refractivity contribution is -0.235.